The Morgan fingerprint density at radius 3 is 2.11 bits per heavy atom. The lowest BCUT2D eigenvalue weighted by Crippen LogP contribution is -2.35. The van der Waals surface area contributed by atoms with Gasteiger partial charge in [0.2, 0.25) is 11.8 Å². The smallest absolute Gasteiger partial charge is 0.240 e. The molecule has 0 heterocycles. The second-order valence-electron chi connectivity index (χ2n) is 6.83. The molecule has 0 aliphatic heterocycles. The van der Waals surface area contributed by atoms with Gasteiger partial charge in [0.15, 0.2) is 0 Å². The molecule has 2 aromatic carbocycles. The summed E-state index contributed by atoms with van der Waals surface area (Å²) >= 11 is 0. The molecule has 0 aromatic heterocycles. The van der Waals surface area contributed by atoms with E-state index in [1.807, 2.05) is 12.1 Å². The van der Waals surface area contributed by atoms with E-state index in [1.54, 1.807) is 12.1 Å². The van der Waals surface area contributed by atoms with Crippen molar-refractivity contribution in [3.05, 3.63) is 54.1 Å². The van der Waals surface area contributed by atoms with Crippen molar-refractivity contribution in [3.8, 4) is 0 Å². The molecule has 1 fully saturated rings. The highest BCUT2D eigenvalue weighted by molar-refractivity contribution is 6.16. The average molecular weight is 387 g/mol. The molecular weight excluding hydrogens is 364 g/mol. The number of hydrogen-bond donors (Lipinski definition) is 2. The molecule has 3 rings (SSSR count). The fourth-order valence-corrected chi connectivity index (χ4v) is 3.11. The molecule has 0 unspecified atom stereocenters. The number of carbonyl (C=O) groups is 2. The van der Waals surface area contributed by atoms with Crippen molar-refractivity contribution >= 4 is 28.9 Å². The van der Waals surface area contributed by atoms with Crippen LogP contribution in [0.1, 0.15) is 26.7 Å². The van der Waals surface area contributed by atoms with Crippen LogP contribution < -0.4 is 15.5 Å². The van der Waals surface area contributed by atoms with Crippen LogP contribution in [0.25, 0.3) is 0 Å². The summed E-state index contributed by atoms with van der Waals surface area (Å²) in [5, 5.41) is 5.16. The Kier molecular flexibility index (Phi) is 5.63. The molecule has 2 aromatic rings. The third kappa shape index (κ3) is 3.98. The fourth-order valence-electron chi connectivity index (χ4n) is 3.11. The maximum atomic E-state index is 13.8. The molecule has 0 spiro atoms. The maximum absolute atomic E-state index is 13.8. The summed E-state index contributed by atoms with van der Waals surface area (Å²) in [5.41, 5.74) is 0.272. The maximum Gasteiger partial charge on any atom is 0.240 e. The second-order valence-corrected chi connectivity index (χ2v) is 6.83. The van der Waals surface area contributed by atoms with Crippen molar-refractivity contribution in [2.24, 2.45) is 5.41 Å². The van der Waals surface area contributed by atoms with Gasteiger partial charge in [-0.15, -0.1) is 0 Å². The van der Waals surface area contributed by atoms with Crippen molar-refractivity contribution < 1.29 is 18.4 Å². The third-order valence-electron chi connectivity index (χ3n) is 5.05. The number of nitrogens with zero attached hydrogens (tertiary/aromatic N) is 1. The summed E-state index contributed by atoms with van der Waals surface area (Å²) in [4.78, 5) is 27.4. The summed E-state index contributed by atoms with van der Waals surface area (Å²) in [6.07, 6.45) is 0.760. The zero-order valence-corrected chi connectivity index (χ0v) is 15.9. The van der Waals surface area contributed by atoms with Crippen molar-refractivity contribution in [1.29, 1.82) is 0 Å². The van der Waals surface area contributed by atoms with Crippen molar-refractivity contribution in [2.45, 2.75) is 26.7 Å². The molecule has 0 bridgehead atoms. The highest BCUT2D eigenvalue weighted by Gasteiger charge is 2.56. The predicted molar refractivity (Wildman–Crippen MR) is 105 cm³/mol. The minimum atomic E-state index is -1.22. The van der Waals surface area contributed by atoms with E-state index in [2.05, 4.69) is 29.4 Å². The van der Waals surface area contributed by atoms with Crippen LogP contribution in [0, 0.1) is 17.0 Å². The number of anilines is 3. The summed E-state index contributed by atoms with van der Waals surface area (Å²) in [5.74, 6) is -2.63. The van der Waals surface area contributed by atoms with Crippen molar-refractivity contribution in [1.82, 2.24) is 0 Å². The van der Waals surface area contributed by atoms with E-state index < -0.39 is 28.9 Å². The SMILES string of the molecule is CCN(CC)c1ccc(NC(=O)C2(C(=O)Nc3ccc(F)cc3F)CC2)cc1. The zero-order chi connectivity index (χ0) is 20.3. The molecule has 2 amide bonds. The highest BCUT2D eigenvalue weighted by atomic mass is 19.1. The normalized spacial score (nSPS) is 14.3. The molecule has 28 heavy (non-hydrogen) atoms. The van der Waals surface area contributed by atoms with Gasteiger partial charge >= 0.3 is 0 Å². The van der Waals surface area contributed by atoms with Gasteiger partial charge in [0.25, 0.3) is 0 Å². The Balaban J connectivity index is 1.67. The van der Waals surface area contributed by atoms with Crippen LogP contribution in [-0.4, -0.2) is 24.9 Å². The summed E-state index contributed by atoms with van der Waals surface area (Å²) in [6, 6.07) is 10.3. The minimum Gasteiger partial charge on any atom is -0.372 e. The molecule has 5 nitrogen and oxygen atoms in total. The van der Waals surface area contributed by atoms with E-state index in [0.717, 1.165) is 30.9 Å². The van der Waals surface area contributed by atoms with Crippen LogP contribution in [0.15, 0.2) is 42.5 Å². The molecule has 0 radical (unpaired) electrons. The van der Waals surface area contributed by atoms with Crippen molar-refractivity contribution in [2.75, 3.05) is 28.6 Å². The fraction of sp³-hybridized carbons (Fsp3) is 0.333. The number of halogens is 2. The third-order valence-corrected chi connectivity index (χ3v) is 5.05. The lowest BCUT2D eigenvalue weighted by Gasteiger charge is -2.21. The number of nitrogens with one attached hydrogen (secondary N) is 2. The Labute approximate surface area is 162 Å². The lowest BCUT2D eigenvalue weighted by atomic mass is 10.0. The van der Waals surface area contributed by atoms with Gasteiger partial charge in [-0.05, 0) is 63.1 Å². The molecule has 1 aliphatic rings. The number of benzene rings is 2. The van der Waals surface area contributed by atoms with Gasteiger partial charge in [-0.1, -0.05) is 0 Å². The highest BCUT2D eigenvalue weighted by Crippen LogP contribution is 2.47. The van der Waals surface area contributed by atoms with Crippen LogP contribution >= 0.6 is 0 Å². The molecule has 2 N–H and O–H groups in total. The standard InChI is InChI=1S/C21H23F2N3O2/c1-3-26(4-2)16-8-6-15(7-9-16)24-19(27)21(11-12-21)20(28)25-18-10-5-14(22)13-17(18)23/h5-10,13H,3-4,11-12H2,1-2H3,(H,24,27)(H,25,28). The van der Waals surface area contributed by atoms with Gasteiger partial charge in [-0.2, -0.15) is 0 Å². The summed E-state index contributed by atoms with van der Waals surface area (Å²) in [7, 11) is 0. The first-order chi connectivity index (χ1) is 13.4. The Morgan fingerprint density at radius 2 is 1.57 bits per heavy atom. The lowest BCUT2D eigenvalue weighted by molar-refractivity contribution is -0.131. The van der Waals surface area contributed by atoms with Crippen LogP contribution in [0.5, 0.6) is 0 Å². The Morgan fingerprint density at radius 1 is 0.964 bits per heavy atom. The van der Waals surface area contributed by atoms with Crippen LogP contribution in [0.4, 0.5) is 25.8 Å². The topological polar surface area (TPSA) is 61.4 Å². The van der Waals surface area contributed by atoms with Crippen LogP contribution in [-0.2, 0) is 9.59 Å². The average Bonchev–Trinajstić information content (AvgIpc) is 3.48. The first-order valence-electron chi connectivity index (χ1n) is 9.32. The monoisotopic (exact) mass is 387 g/mol. The first kappa shape index (κ1) is 19.8. The molecule has 1 saturated carbocycles. The number of rotatable bonds is 7. The van der Waals surface area contributed by atoms with Gasteiger partial charge < -0.3 is 15.5 Å². The number of hydrogen-bond acceptors (Lipinski definition) is 3. The Bertz CT molecular complexity index is 876. The summed E-state index contributed by atoms with van der Waals surface area (Å²) < 4.78 is 26.8. The van der Waals surface area contributed by atoms with E-state index in [9.17, 15) is 18.4 Å². The molecule has 0 atom stereocenters. The van der Waals surface area contributed by atoms with Gasteiger partial charge in [0.05, 0.1) is 5.69 Å². The Hall–Kier alpha value is -2.96. The zero-order valence-electron chi connectivity index (χ0n) is 15.9. The van der Waals surface area contributed by atoms with Crippen LogP contribution in [0.3, 0.4) is 0 Å². The van der Waals surface area contributed by atoms with Gasteiger partial charge in [-0.3, -0.25) is 9.59 Å². The van der Waals surface area contributed by atoms with E-state index in [0.29, 0.717) is 24.6 Å². The molecule has 1 aliphatic carbocycles. The predicted octanol–water partition coefficient (Wildman–Crippen LogP) is 4.17. The van der Waals surface area contributed by atoms with Gasteiger partial charge in [0.1, 0.15) is 17.0 Å². The number of carbonyl (C=O) groups excluding carboxylic acids is 2. The van der Waals surface area contributed by atoms with Gasteiger partial charge in [-0.25, -0.2) is 8.78 Å². The van der Waals surface area contributed by atoms with Crippen molar-refractivity contribution in [3.63, 3.8) is 0 Å². The first-order valence-corrected chi connectivity index (χ1v) is 9.32. The van der Waals surface area contributed by atoms with E-state index in [4.69, 9.17) is 0 Å². The largest absolute Gasteiger partial charge is 0.372 e. The molecule has 0 saturated heterocycles. The number of amides is 2. The molecule has 7 heteroatoms. The molecular formula is C21H23F2N3O2. The molecule has 148 valence electrons. The minimum absolute atomic E-state index is 0.144. The summed E-state index contributed by atoms with van der Waals surface area (Å²) in [6.45, 7) is 5.90. The van der Waals surface area contributed by atoms with E-state index in [1.165, 1.54) is 0 Å². The van der Waals surface area contributed by atoms with Gasteiger partial charge in [0, 0.05) is 30.5 Å². The van der Waals surface area contributed by atoms with E-state index in [-0.39, 0.29) is 5.69 Å². The quantitative estimate of drug-likeness (QED) is 0.701. The van der Waals surface area contributed by atoms with Crippen LogP contribution in [0.2, 0.25) is 0 Å². The van der Waals surface area contributed by atoms with E-state index >= 15 is 0 Å². The second kappa shape index (κ2) is 7.96.